The van der Waals surface area contributed by atoms with E-state index in [1.54, 1.807) is 11.8 Å². The summed E-state index contributed by atoms with van der Waals surface area (Å²) in [4.78, 5) is 17.4. The van der Waals surface area contributed by atoms with Crippen molar-refractivity contribution in [2.75, 3.05) is 18.8 Å². The third-order valence-corrected chi connectivity index (χ3v) is 5.04. The normalized spacial score (nSPS) is 15.8. The van der Waals surface area contributed by atoms with E-state index in [0.29, 0.717) is 25.9 Å². The number of rotatable bonds is 9. The van der Waals surface area contributed by atoms with Gasteiger partial charge in [0.1, 0.15) is 0 Å². The first-order valence-electron chi connectivity index (χ1n) is 8.54. The Bertz CT molecular complexity index is 558. The Morgan fingerprint density at radius 3 is 2.64 bits per heavy atom. The van der Waals surface area contributed by atoms with Gasteiger partial charge in [0.05, 0.1) is 11.7 Å². The minimum Gasteiger partial charge on any atom is -0.370 e. The van der Waals surface area contributed by atoms with Crippen molar-refractivity contribution >= 4 is 23.6 Å². The molecule has 7 nitrogen and oxygen atoms in total. The van der Waals surface area contributed by atoms with Crippen LogP contribution in [0.5, 0.6) is 0 Å². The summed E-state index contributed by atoms with van der Waals surface area (Å²) < 4.78 is 0. The maximum Gasteiger partial charge on any atom is 0.241 e. The molecule has 1 amide bonds. The van der Waals surface area contributed by atoms with Gasteiger partial charge in [0.25, 0.3) is 0 Å². The zero-order chi connectivity index (χ0) is 19.0. The minimum absolute atomic E-state index is 0.0514. The Morgan fingerprint density at radius 1 is 1.40 bits per heavy atom. The van der Waals surface area contributed by atoms with Crippen molar-refractivity contribution in [2.45, 2.75) is 46.1 Å². The van der Waals surface area contributed by atoms with Gasteiger partial charge in [-0.25, -0.2) is 0 Å². The van der Waals surface area contributed by atoms with Crippen molar-refractivity contribution in [3.8, 4) is 0 Å². The zero-order valence-corrected chi connectivity index (χ0v) is 16.3. The molecule has 1 aliphatic rings. The average molecular weight is 369 g/mol. The molecule has 0 spiro atoms. The molecule has 0 saturated heterocycles. The number of hydrogen-bond acceptors (Lipinski definition) is 5. The fourth-order valence-electron chi connectivity index (χ4n) is 2.35. The summed E-state index contributed by atoms with van der Waals surface area (Å²) in [6.07, 6.45) is 4.10. The van der Waals surface area contributed by atoms with Crippen LogP contribution in [-0.2, 0) is 4.79 Å². The number of nitrogens with one attached hydrogen (secondary N) is 1. The molecule has 0 bridgehead atoms. The van der Waals surface area contributed by atoms with Gasteiger partial charge in [-0.2, -0.15) is 0 Å². The van der Waals surface area contributed by atoms with Gasteiger partial charge in [-0.1, -0.05) is 26.3 Å². The van der Waals surface area contributed by atoms with Gasteiger partial charge in [0, 0.05) is 30.2 Å². The lowest BCUT2D eigenvalue weighted by molar-refractivity contribution is -0.121. The van der Waals surface area contributed by atoms with Crippen LogP contribution in [0, 0.1) is 5.41 Å². The standard InChI is InChI=1S/C17H32N6OS/c1-17(2,3)11-9-13(14(10-11)25-8-6-18)23-15(24)12(19)5-4-7-22-16(20)21/h9,12H,4-8,10,18-19H2,1-3H3,(H,23,24)(H4,20,21,22)/t12-/m0/s1. The molecule has 0 heterocycles. The van der Waals surface area contributed by atoms with Gasteiger partial charge in [-0.15, -0.1) is 11.8 Å². The van der Waals surface area contributed by atoms with Crippen molar-refractivity contribution in [2.24, 2.45) is 33.3 Å². The molecule has 0 aromatic heterocycles. The summed E-state index contributed by atoms with van der Waals surface area (Å²) in [7, 11) is 0. The van der Waals surface area contributed by atoms with E-state index in [9.17, 15) is 4.79 Å². The van der Waals surface area contributed by atoms with Crippen LogP contribution >= 0.6 is 11.8 Å². The highest BCUT2D eigenvalue weighted by molar-refractivity contribution is 8.03. The van der Waals surface area contributed by atoms with E-state index in [1.807, 2.05) is 0 Å². The van der Waals surface area contributed by atoms with Crippen LogP contribution in [0.2, 0.25) is 0 Å². The van der Waals surface area contributed by atoms with Crippen molar-refractivity contribution in [3.05, 3.63) is 22.3 Å². The molecule has 142 valence electrons. The highest BCUT2D eigenvalue weighted by atomic mass is 32.2. The molecule has 0 radical (unpaired) electrons. The monoisotopic (exact) mass is 368 g/mol. The maximum absolute atomic E-state index is 12.4. The van der Waals surface area contributed by atoms with Gasteiger partial charge in [0.2, 0.25) is 5.91 Å². The fraction of sp³-hybridized carbons (Fsp3) is 0.647. The topological polar surface area (TPSA) is 146 Å². The SMILES string of the molecule is CC(C)(C)C1=CC(NC(=O)[C@@H](N)CCCN=C(N)N)=C(SCCN)C1. The van der Waals surface area contributed by atoms with E-state index in [4.69, 9.17) is 22.9 Å². The molecular formula is C17H32N6OS. The Labute approximate surface area is 154 Å². The lowest BCUT2D eigenvalue weighted by Gasteiger charge is -2.20. The molecule has 0 fully saturated rings. The summed E-state index contributed by atoms with van der Waals surface area (Å²) in [6.45, 7) is 7.58. The molecule has 25 heavy (non-hydrogen) atoms. The third kappa shape index (κ3) is 7.50. The number of thioether (sulfide) groups is 1. The molecule has 0 aromatic carbocycles. The number of carbonyl (C=O) groups excluding carboxylic acids is 1. The second-order valence-electron chi connectivity index (χ2n) is 7.11. The number of nitrogens with zero attached hydrogens (tertiary/aromatic N) is 1. The first kappa shape index (κ1) is 21.5. The molecule has 1 rings (SSSR count). The van der Waals surface area contributed by atoms with E-state index in [-0.39, 0.29) is 17.3 Å². The molecule has 0 saturated carbocycles. The zero-order valence-electron chi connectivity index (χ0n) is 15.5. The fourth-order valence-corrected chi connectivity index (χ4v) is 3.24. The van der Waals surface area contributed by atoms with E-state index in [0.717, 1.165) is 22.8 Å². The highest BCUT2D eigenvalue weighted by Crippen LogP contribution is 2.40. The van der Waals surface area contributed by atoms with Crippen molar-refractivity contribution in [3.63, 3.8) is 0 Å². The largest absolute Gasteiger partial charge is 0.370 e. The molecule has 0 aromatic rings. The summed E-state index contributed by atoms with van der Waals surface area (Å²) >= 11 is 1.69. The molecule has 0 aliphatic heterocycles. The number of carbonyl (C=O) groups is 1. The summed E-state index contributed by atoms with van der Waals surface area (Å²) in [5.41, 5.74) is 24.4. The van der Waals surface area contributed by atoms with Crippen LogP contribution in [0.15, 0.2) is 27.2 Å². The van der Waals surface area contributed by atoms with Crippen LogP contribution in [0.1, 0.15) is 40.0 Å². The van der Waals surface area contributed by atoms with Crippen LogP contribution in [0.3, 0.4) is 0 Å². The van der Waals surface area contributed by atoms with Gasteiger partial charge >= 0.3 is 0 Å². The van der Waals surface area contributed by atoms with Crippen LogP contribution in [0.25, 0.3) is 0 Å². The second kappa shape index (κ2) is 9.84. The Hall–Kier alpha value is -1.51. The third-order valence-electron chi connectivity index (χ3n) is 3.89. The van der Waals surface area contributed by atoms with E-state index in [2.05, 4.69) is 37.2 Å². The summed E-state index contributed by atoms with van der Waals surface area (Å²) in [5.74, 6) is 0.692. The average Bonchev–Trinajstić information content (AvgIpc) is 2.92. The molecule has 0 unspecified atom stereocenters. The first-order chi connectivity index (χ1) is 11.6. The van der Waals surface area contributed by atoms with Gasteiger partial charge in [-0.3, -0.25) is 9.79 Å². The van der Waals surface area contributed by atoms with Gasteiger partial charge in [0.15, 0.2) is 5.96 Å². The Morgan fingerprint density at radius 2 is 2.08 bits per heavy atom. The smallest absolute Gasteiger partial charge is 0.241 e. The quantitative estimate of drug-likeness (QED) is 0.231. The predicted octanol–water partition coefficient (Wildman–Crippen LogP) is 0.763. The number of allylic oxidation sites excluding steroid dienone is 3. The molecular weight excluding hydrogens is 336 g/mol. The lowest BCUT2D eigenvalue weighted by Crippen LogP contribution is -2.40. The summed E-state index contributed by atoms with van der Waals surface area (Å²) in [6, 6.07) is -0.588. The minimum atomic E-state index is -0.588. The second-order valence-corrected chi connectivity index (χ2v) is 8.30. The number of nitrogens with two attached hydrogens (primary N) is 4. The Balaban J connectivity index is 2.68. The van der Waals surface area contributed by atoms with Crippen LogP contribution < -0.4 is 28.3 Å². The summed E-state index contributed by atoms with van der Waals surface area (Å²) in [5, 5.41) is 2.98. The van der Waals surface area contributed by atoms with Gasteiger partial charge in [-0.05, 0) is 24.3 Å². The van der Waals surface area contributed by atoms with Crippen molar-refractivity contribution in [1.29, 1.82) is 0 Å². The van der Waals surface area contributed by atoms with E-state index >= 15 is 0 Å². The van der Waals surface area contributed by atoms with E-state index < -0.39 is 6.04 Å². The van der Waals surface area contributed by atoms with Crippen LogP contribution in [0.4, 0.5) is 0 Å². The van der Waals surface area contributed by atoms with E-state index in [1.165, 1.54) is 5.57 Å². The highest BCUT2D eigenvalue weighted by Gasteiger charge is 2.26. The number of aliphatic imine (C=N–C) groups is 1. The molecule has 8 heteroatoms. The van der Waals surface area contributed by atoms with Gasteiger partial charge < -0.3 is 28.3 Å². The maximum atomic E-state index is 12.4. The predicted molar refractivity (Wildman–Crippen MR) is 107 cm³/mol. The number of guanidine groups is 1. The lowest BCUT2D eigenvalue weighted by atomic mass is 9.86. The van der Waals surface area contributed by atoms with Crippen molar-refractivity contribution < 1.29 is 4.79 Å². The Kier molecular flexibility index (Phi) is 8.47. The van der Waals surface area contributed by atoms with Crippen molar-refractivity contribution in [1.82, 2.24) is 5.32 Å². The molecule has 1 atom stereocenters. The molecule has 9 N–H and O–H groups in total. The first-order valence-corrected chi connectivity index (χ1v) is 9.52. The number of amides is 1. The van der Waals surface area contributed by atoms with Crippen LogP contribution in [-0.4, -0.2) is 36.8 Å². The number of hydrogen-bond donors (Lipinski definition) is 5. The molecule has 1 aliphatic carbocycles.